The van der Waals surface area contributed by atoms with Crippen molar-refractivity contribution in [3.63, 3.8) is 0 Å². The summed E-state index contributed by atoms with van der Waals surface area (Å²) in [6, 6.07) is 44.2. The first-order chi connectivity index (χ1) is 21.2. The lowest BCUT2D eigenvalue weighted by Crippen LogP contribution is -2.26. The summed E-state index contributed by atoms with van der Waals surface area (Å²) in [7, 11) is -3.26. The van der Waals surface area contributed by atoms with E-state index in [1.165, 1.54) is 11.1 Å². The molecule has 8 aromatic rings. The minimum atomic E-state index is -3.26. The van der Waals surface area contributed by atoms with Gasteiger partial charge in [-0.3, -0.25) is 4.40 Å². The lowest BCUT2D eigenvalue weighted by Gasteiger charge is -2.23. The zero-order chi connectivity index (χ0) is 28.5. The summed E-state index contributed by atoms with van der Waals surface area (Å²) in [4.78, 5) is 5.03. The maximum absolute atomic E-state index is 15.9. The number of nitrogens with zero attached hydrogens (tertiary/aromatic N) is 2. The Bertz CT molecular complexity index is 2500. The normalized spacial score (nSPS) is 14.5. The fourth-order valence-electron chi connectivity index (χ4n) is 6.92. The Morgan fingerprint density at radius 3 is 2.26 bits per heavy atom. The third kappa shape index (κ3) is 3.62. The van der Waals surface area contributed by atoms with Gasteiger partial charge in [0, 0.05) is 26.7 Å². The predicted molar refractivity (Wildman–Crippen MR) is 182 cm³/mol. The van der Waals surface area contributed by atoms with Gasteiger partial charge >= 0.3 is 0 Å². The number of fused-ring (bicyclic) bond motifs is 10. The van der Waals surface area contributed by atoms with Crippen LogP contribution in [0.3, 0.4) is 0 Å². The van der Waals surface area contributed by atoms with Crippen LogP contribution in [0, 0.1) is 0 Å². The topological polar surface area (TPSA) is 34.4 Å². The van der Waals surface area contributed by atoms with Crippen LogP contribution >= 0.6 is 7.14 Å². The Balaban J connectivity index is 1.38. The molecule has 4 heteroatoms. The second kappa shape index (κ2) is 9.26. The van der Waals surface area contributed by atoms with Crippen molar-refractivity contribution >= 4 is 78.3 Å². The Labute approximate surface area is 249 Å². The highest BCUT2D eigenvalue weighted by molar-refractivity contribution is 7.85. The van der Waals surface area contributed by atoms with Gasteiger partial charge in [-0.15, -0.1) is 0 Å². The average Bonchev–Trinajstić information content (AvgIpc) is 3.47. The lowest BCUT2D eigenvalue weighted by molar-refractivity contribution is 0.592. The van der Waals surface area contributed by atoms with Crippen LogP contribution in [0.4, 0.5) is 0 Å². The number of imidazole rings is 1. The molecule has 0 aliphatic heterocycles. The molecule has 1 aliphatic carbocycles. The van der Waals surface area contributed by atoms with E-state index in [9.17, 15) is 0 Å². The van der Waals surface area contributed by atoms with Crippen LogP contribution in [-0.4, -0.2) is 9.38 Å². The number of pyridine rings is 1. The number of rotatable bonds is 3. The highest BCUT2D eigenvalue weighted by Crippen LogP contribution is 2.45. The molecule has 2 heterocycles. The molecule has 43 heavy (non-hydrogen) atoms. The van der Waals surface area contributed by atoms with Gasteiger partial charge in [0.15, 0.2) is 7.14 Å². The van der Waals surface area contributed by atoms with Crippen molar-refractivity contribution < 1.29 is 4.57 Å². The smallest absolute Gasteiger partial charge is 0.171 e. The van der Waals surface area contributed by atoms with Gasteiger partial charge in [0.05, 0.1) is 16.6 Å². The number of aromatic nitrogens is 2. The third-order valence-electron chi connectivity index (χ3n) is 9.07. The van der Waals surface area contributed by atoms with Gasteiger partial charge in [0.1, 0.15) is 5.65 Å². The van der Waals surface area contributed by atoms with Crippen LogP contribution < -0.4 is 15.9 Å². The van der Waals surface area contributed by atoms with Crippen LogP contribution in [0.5, 0.6) is 0 Å². The second-order valence-corrected chi connectivity index (χ2v) is 14.2. The minimum Gasteiger partial charge on any atom is -0.309 e. The van der Waals surface area contributed by atoms with E-state index in [0.717, 1.165) is 77.9 Å². The lowest BCUT2D eigenvalue weighted by atomic mass is 9.98. The highest BCUT2D eigenvalue weighted by Gasteiger charge is 2.31. The van der Waals surface area contributed by atoms with E-state index in [4.69, 9.17) is 4.98 Å². The van der Waals surface area contributed by atoms with E-state index in [2.05, 4.69) is 126 Å². The number of hydrogen-bond acceptors (Lipinski definition) is 2. The summed E-state index contributed by atoms with van der Waals surface area (Å²) in [6.45, 7) is 0. The molecule has 1 aliphatic rings. The Morgan fingerprint density at radius 2 is 1.33 bits per heavy atom. The van der Waals surface area contributed by atoms with Gasteiger partial charge in [-0.05, 0) is 82.6 Å². The minimum absolute atomic E-state index is 0.837. The summed E-state index contributed by atoms with van der Waals surface area (Å²) in [5.74, 6) is 0. The molecule has 0 amide bonds. The van der Waals surface area contributed by atoms with Crippen molar-refractivity contribution in [2.24, 2.45) is 0 Å². The van der Waals surface area contributed by atoms with Crippen LogP contribution in [0.15, 0.2) is 133 Å². The summed E-state index contributed by atoms with van der Waals surface area (Å²) in [6.07, 6.45) is 6.46. The number of aryl methyl sites for hydroxylation is 1. The molecule has 0 fully saturated rings. The van der Waals surface area contributed by atoms with Gasteiger partial charge in [0.2, 0.25) is 0 Å². The molecule has 1 atom stereocenters. The summed E-state index contributed by atoms with van der Waals surface area (Å²) in [5.41, 5.74) is 6.52. The fraction of sp³-hybridized carbons (Fsp3) is 0.0513. The molecule has 9 rings (SSSR count). The van der Waals surface area contributed by atoms with Gasteiger partial charge in [0.25, 0.3) is 0 Å². The van der Waals surface area contributed by atoms with Crippen LogP contribution in [0.2, 0.25) is 0 Å². The maximum atomic E-state index is 15.9. The molecular weight excluding hydrogens is 543 g/mol. The van der Waals surface area contributed by atoms with E-state index in [-0.39, 0.29) is 0 Å². The van der Waals surface area contributed by atoms with E-state index < -0.39 is 7.14 Å². The first-order valence-electron chi connectivity index (χ1n) is 14.8. The highest BCUT2D eigenvalue weighted by atomic mass is 31.2. The SMILES string of the molecule is O=P(c1ccc2c(c1)C=CCC2)(c1ccc2ccccc2c1)c1ccc2c(c1)c1ccccc1c1nc3ccccc3n21. The fourth-order valence-corrected chi connectivity index (χ4v) is 9.62. The maximum Gasteiger partial charge on any atom is 0.171 e. The Hall–Kier alpha value is -4.98. The first kappa shape index (κ1) is 24.6. The molecule has 0 N–H and O–H groups in total. The second-order valence-electron chi connectivity index (χ2n) is 11.5. The van der Waals surface area contributed by atoms with Gasteiger partial charge in [-0.2, -0.15) is 0 Å². The molecule has 1 unspecified atom stereocenters. The molecule has 204 valence electrons. The number of benzene rings is 6. The predicted octanol–water partition coefficient (Wildman–Crippen LogP) is 8.55. The van der Waals surface area contributed by atoms with Crippen LogP contribution in [0.25, 0.3) is 55.2 Å². The number of para-hydroxylation sites is 2. The third-order valence-corrected chi connectivity index (χ3v) is 12.1. The zero-order valence-electron chi connectivity index (χ0n) is 23.4. The summed E-state index contributed by atoms with van der Waals surface area (Å²) in [5, 5.41) is 8.06. The number of allylic oxidation sites excluding steroid dienone is 1. The van der Waals surface area contributed by atoms with Crippen molar-refractivity contribution in [1.82, 2.24) is 9.38 Å². The van der Waals surface area contributed by atoms with E-state index in [1.807, 2.05) is 18.2 Å². The number of hydrogen-bond donors (Lipinski definition) is 0. The summed E-state index contributed by atoms with van der Waals surface area (Å²) >= 11 is 0. The standard InChI is InChI=1S/C39H27N2OP/c42-43(30-19-17-26-9-1-3-11-28(26)23-30,31-20-18-27-10-2-4-12-29(27)24-31)32-21-22-37-35(25-32)33-13-5-6-14-34(33)39-40-36-15-7-8-16-38(36)41(37)39/h1,3-9,11-25H,2,10H2. The van der Waals surface area contributed by atoms with Gasteiger partial charge < -0.3 is 4.57 Å². The van der Waals surface area contributed by atoms with Gasteiger partial charge in [-0.1, -0.05) is 97.1 Å². The molecular formula is C39H27N2OP. The molecule has 0 bridgehead atoms. The van der Waals surface area contributed by atoms with Gasteiger partial charge in [-0.25, -0.2) is 4.98 Å². The van der Waals surface area contributed by atoms with Crippen LogP contribution in [0.1, 0.15) is 17.5 Å². The zero-order valence-corrected chi connectivity index (χ0v) is 24.3. The first-order valence-corrected chi connectivity index (χ1v) is 16.5. The molecule has 0 saturated heterocycles. The van der Waals surface area contributed by atoms with E-state index in [0.29, 0.717) is 0 Å². The average molecular weight is 571 g/mol. The quantitative estimate of drug-likeness (QED) is 0.158. The molecule has 0 spiro atoms. The Morgan fingerprint density at radius 1 is 0.605 bits per heavy atom. The summed E-state index contributed by atoms with van der Waals surface area (Å²) < 4.78 is 18.2. The molecule has 0 radical (unpaired) electrons. The molecule has 6 aromatic carbocycles. The molecule has 2 aromatic heterocycles. The van der Waals surface area contributed by atoms with E-state index >= 15 is 4.57 Å². The van der Waals surface area contributed by atoms with Crippen molar-refractivity contribution in [3.05, 3.63) is 145 Å². The molecule has 3 nitrogen and oxygen atoms in total. The molecule has 0 saturated carbocycles. The van der Waals surface area contributed by atoms with Crippen LogP contribution in [-0.2, 0) is 11.0 Å². The van der Waals surface area contributed by atoms with E-state index in [1.54, 1.807) is 0 Å². The van der Waals surface area contributed by atoms with Crippen molar-refractivity contribution in [1.29, 1.82) is 0 Å². The van der Waals surface area contributed by atoms with Crippen molar-refractivity contribution in [2.45, 2.75) is 12.8 Å². The Kier molecular flexibility index (Phi) is 5.30. The monoisotopic (exact) mass is 570 g/mol. The van der Waals surface area contributed by atoms with Crippen molar-refractivity contribution in [2.75, 3.05) is 0 Å². The van der Waals surface area contributed by atoms with Crippen molar-refractivity contribution in [3.8, 4) is 0 Å². The largest absolute Gasteiger partial charge is 0.309 e.